The number of carboxylic acids is 1. The van der Waals surface area contributed by atoms with Gasteiger partial charge in [0, 0.05) is 19.0 Å². The number of carbonyl (C=O) groups is 3. The first-order chi connectivity index (χ1) is 9.62. The third-order valence-electron chi connectivity index (χ3n) is 4.15. The molecule has 21 heavy (non-hydrogen) atoms. The molecule has 6 heteroatoms. The minimum absolute atomic E-state index is 0.0167. The van der Waals surface area contributed by atoms with Crippen molar-refractivity contribution in [1.82, 2.24) is 10.2 Å². The lowest BCUT2D eigenvalue weighted by Gasteiger charge is -2.37. The van der Waals surface area contributed by atoms with Gasteiger partial charge in [-0.25, -0.2) is 4.79 Å². The normalized spacial score (nSPS) is 22.8. The Bertz CT molecular complexity index is 420. The van der Waals surface area contributed by atoms with Crippen LogP contribution in [-0.4, -0.2) is 40.5 Å². The molecule has 1 heterocycles. The van der Waals surface area contributed by atoms with Crippen molar-refractivity contribution in [3.63, 3.8) is 0 Å². The molecule has 1 fully saturated rings. The fraction of sp³-hybridized carbons (Fsp3) is 0.800. The summed E-state index contributed by atoms with van der Waals surface area (Å²) in [5.74, 6) is -0.947. The van der Waals surface area contributed by atoms with Crippen molar-refractivity contribution < 1.29 is 19.5 Å². The number of carbonyl (C=O) groups excluding carboxylic acids is 2. The van der Waals surface area contributed by atoms with Crippen LogP contribution < -0.4 is 5.32 Å². The van der Waals surface area contributed by atoms with Crippen molar-refractivity contribution >= 4 is 17.9 Å². The van der Waals surface area contributed by atoms with Gasteiger partial charge in [0.05, 0.1) is 6.42 Å². The molecule has 0 bridgehead atoms. The molecule has 0 radical (unpaired) electrons. The molecule has 0 aliphatic carbocycles. The quantitative estimate of drug-likeness (QED) is 0.833. The van der Waals surface area contributed by atoms with Gasteiger partial charge >= 0.3 is 12.0 Å². The maximum absolute atomic E-state index is 12.2. The number of nitrogens with one attached hydrogen (secondary N) is 1. The highest BCUT2D eigenvalue weighted by Gasteiger charge is 2.31. The smallest absolute Gasteiger partial charge is 0.324 e. The van der Waals surface area contributed by atoms with Crippen LogP contribution in [0, 0.1) is 11.3 Å². The van der Waals surface area contributed by atoms with Gasteiger partial charge in [0.15, 0.2) is 0 Å². The third-order valence-corrected chi connectivity index (χ3v) is 4.15. The largest absolute Gasteiger partial charge is 0.481 e. The van der Waals surface area contributed by atoms with E-state index in [9.17, 15) is 14.4 Å². The number of amides is 3. The van der Waals surface area contributed by atoms with Crippen LogP contribution in [0.25, 0.3) is 0 Å². The fourth-order valence-corrected chi connectivity index (χ4v) is 2.76. The minimum atomic E-state index is -0.947. The molecule has 2 N–H and O–H groups in total. The molecule has 1 aliphatic rings. The number of likely N-dealkylation sites (tertiary alicyclic amines) is 1. The number of carboxylic acid groups (broad SMARTS) is 1. The second kappa shape index (κ2) is 6.91. The molecule has 2 atom stereocenters. The molecular weight excluding hydrogens is 272 g/mol. The van der Waals surface area contributed by atoms with E-state index in [1.807, 2.05) is 6.92 Å². The van der Waals surface area contributed by atoms with E-state index >= 15 is 0 Å². The summed E-state index contributed by atoms with van der Waals surface area (Å²) in [7, 11) is 0. The molecule has 1 rings (SSSR count). The third kappa shape index (κ3) is 5.36. The molecule has 0 aromatic heterocycles. The van der Waals surface area contributed by atoms with Gasteiger partial charge in [-0.3, -0.25) is 14.9 Å². The van der Waals surface area contributed by atoms with Crippen molar-refractivity contribution in [3.8, 4) is 0 Å². The summed E-state index contributed by atoms with van der Waals surface area (Å²) in [6.07, 6.45) is 1.94. The minimum Gasteiger partial charge on any atom is -0.481 e. The Labute approximate surface area is 125 Å². The van der Waals surface area contributed by atoms with E-state index in [1.165, 1.54) is 0 Å². The number of hydrogen-bond acceptors (Lipinski definition) is 3. The summed E-state index contributed by atoms with van der Waals surface area (Å²) < 4.78 is 0. The molecule has 0 spiro atoms. The van der Waals surface area contributed by atoms with Crippen LogP contribution in [0.4, 0.5) is 4.79 Å². The lowest BCUT2D eigenvalue weighted by Crippen LogP contribution is -2.52. The number of aliphatic carboxylic acids is 1. The summed E-state index contributed by atoms with van der Waals surface area (Å²) in [4.78, 5) is 36.5. The van der Waals surface area contributed by atoms with Gasteiger partial charge in [0.25, 0.3) is 0 Å². The lowest BCUT2D eigenvalue weighted by atomic mass is 9.85. The zero-order chi connectivity index (χ0) is 16.2. The van der Waals surface area contributed by atoms with Crippen molar-refractivity contribution in [2.45, 2.75) is 59.4 Å². The Balaban J connectivity index is 2.54. The topological polar surface area (TPSA) is 86.7 Å². The number of nitrogens with zero attached hydrogens (tertiary/aromatic N) is 1. The molecule has 6 nitrogen and oxygen atoms in total. The van der Waals surface area contributed by atoms with Crippen LogP contribution in [0.1, 0.15) is 53.4 Å². The van der Waals surface area contributed by atoms with Gasteiger partial charge in [-0.05, 0) is 31.1 Å². The van der Waals surface area contributed by atoms with Crippen molar-refractivity contribution in [3.05, 3.63) is 0 Å². The lowest BCUT2D eigenvalue weighted by molar-refractivity contribution is -0.139. The predicted molar refractivity (Wildman–Crippen MR) is 78.8 cm³/mol. The van der Waals surface area contributed by atoms with E-state index in [-0.39, 0.29) is 24.9 Å². The maximum atomic E-state index is 12.2. The standard InChI is InChI=1S/C15H26N2O4/c1-10-6-5-7-17(11(10)2)14(21)16-12(18)8-15(3,4)9-13(19)20/h10-11H,5-9H2,1-4H3,(H,19,20)(H,16,18,21). The summed E-state index contributed by atoms with van der Waals surface area (Å²) in [5.41, 5.74) is -0.670. The van der Waals surface area contributed by atoms with Crippen LogP contribution in [0.2, 0.25) is 0 Å². The average molecular weight is 298 g/mol. The van der Waals surface area contributed by atoms with Gasteiger partial charge < -0.3 is 10.0 Å². The van der Waals surface area contributed by atoms with Crippen LogP contribution in [0.3, 0.4) is 0 Å². The van der Waals surface area contributed by atoms with Crippen LogP contribution in [-0.2, 0) is 9.59 Å². The molecule has 0 aromatic carbocycles. The van der Waals surface area contributed by atoms with E-state index < -0.39 is 17.3 Å². The zero-order valence-corrected chi connectivity index (χ0v) is 13.3. The average Bonchev–Trinajstić information content (AvgIpc) is 2.29. The Morgan fingerprint density at radius 3 is 2.43 bits per heavy atom. The summed E-state index contributed by atoms with van der Waals surface area (Å²) in [6, 6.07) is -0.260. The second-order valence-corrected chi connectivity index (χ2v) is 6.82. The van der Waals surface area contributed by atoms with Crippen LogP contribution >= 0.6 is 0 Å². The van der Waals surface area contributed by atoms with E-state index in [0.717, 1.165) is 12.8 Å². The molecule has 1 saturated heterocycles. The Morgan fingerprint density at radius 2 is 1.86 bits per heavy atom. The Morgan fingerprint density at radius 1 is 1.24 bits per heavy atom. The van der Waals surface area contributed by atoms with Gasteiger partial charge in [-0.2, -0.15) is 0 Å². The highest BCUT2D eigenvalue weighted by Crippen LogP contribution is 2.25. The molecule has 120 valence electrons. The predicted octanol–water partition coefficient (Wildman–Crippen LogP) is 2.23. The number of piperidine rings is 1. The summed E-state index contributed by atoms with van der Waals surface area (Å²) >= 11 is 0. The molecule has 1 aliphatic heterocycles. The number of imide groups is 1. The molecular formula is C15H26N2O4. The van der Waals surface area contributed by atoms with Gasteiger partial charge in [0.1, 0.15) is 0 Å². The zero-order valence-electron chi connectivity index (χ0n) is 13.3. The van der Waals surface area contributed by atoms with Crippen molar-refractivity contribution in [2.75, 3.05) is 6.54 Å². The first-order valence-corrected chi connectivity index (χ1v) is 7.44. The summed E-state index contributed by atoms with van der Waals surface area (Å²) in [6.45, 7) is 8.15. The molecule has 3 amide bonds. The molecule has 0 saturated carbocycles. The van der Waals surface area contributed by atoms with Gasteiger partial charge in [-0.15, -0.1) is 0 Å². The van der Waals surface area contributed by atoms with E-state index in [1.54, 1.807) is 18.7 Å². The maximum Gasteiger partial charge on any atom is 0.324 e. The molecule has 2 unspecified atom stereocenters. The summed E-state index contributed by atoms with van der Waals surface area (Å²) in [5, 5.41) is 11.2. The van der Waals surface area contributed by atoms with Crippen molar-refractivity contribution in [1.29, 1.82) is 0 Å². The van der Waals surface area contributed by atoms with Gasteiger partial charge in [-0.1, -0.05) is 20.8 Å². The highest BCUT2D eigenvalue weighted by atomic mass is 16.4. The highest BCUT2D eigenvalue weighted by molar-refractivity contribution is 5.94. The SMILES string of the molecule is CC1CCCN(C(=O)NC(=O)CC(C)(C)CC(=O)O)C1C. The fourth-order valence-electron chi connectivity index (χ4n) is 2.76. The Kier molecular flexibility index (Phi) is 5.75. The Hall–Kier alpha value is -1.59. The molecule has 0 aromatic rings. The number of hydrogen-bond donors (Lipinski definition) is 2. The van der Waals surface area contributed by atoms with E-state index in [2.05, 4.69) is 12.2 Å². The van der Waals surface area contributed by atoms with Crippen LogP contribution in [0.15, 0.2) is 0 Å². The van der Waals surface area contributed by atoms with E-state index in [4.69, 9.17) is 5.11 Å². The number of rotatable bonds is 4. The van der Waals surface area contributed by atoms with Gasteiger partial charge in [0.2, 0.25) is 5.91 Å². The van der Waals surface area contributed by atoms with Crippen LogP contribution in [0.5, 0.6) is 0 Å². The number of urea groups is 1. The second-order valence-electron chi connectivity index (χ2n) is 6.82. The van der Waals surface area contributed by atoms with Crippen molar-refractivity contribution in [2.24, 2.45) is 11.3 Å². The first-order valence-electron chi connectivity index (χ1n) is 7.44. The monoisotopic (exact) mass is 298 g/mol. The van der Waals surface area contributed by atoms with E-state index in [0.29, 0.717) is 12.5 Å². The first kappa shape index (κ1) is 17.5.